The molecule has 1 heterocycles. The molecule has 0 aliphatic heterocycles. The molecule has 12 heavy (non-hydrogen) atoms. The van der Waals surface area contributed by atoms with Gasteiger partial charge in [0.1, 0.15) is 6.33 Å². The summed E-state index contributed by atoms with van der Waals surface area (Å²) < 4.78 is 2.70. The van der Waals surface area contributed by atoms with E-state index in [2.05, 4.69) is 4.98 Å². The summed E-state index contributed by atoms with van der Waals surface area (Å²) in [5.74, 6) is 0. The number of aryl methyl sites for hydroxylation is 1. The third kappa shape index (κ3) is 1.72. The first-order chi connectivity index (χ1) is 5.65. The van der Waals surface area contributed by atoms with Crippen LogP contribution >= 0.6 is 0 Å². The molecular formula is C6H11N3O3. The van der Waals surface area contributed by atoms with E-state index in [1.807, 2.05) is 0 Å². The Bertz CT molecular complexity index is 303. The Morgan fingerprint density at radius 2 is 2.42 bits per heavy atom. The van der Waals surface area contributed by atoms with E-state index in [-0.39, 0.29) is 13.2 Å². The number of aliphatic hydroxyl groups excluding tert-OH is 2. The van der Waals surface area contributed by atoms with Gasteiger partial charge in [-0.1, -0.05) is 0 Å². The first-order valence-electron chi connectivity index (χ1n) is 3.52. The first kappa shape index (κ1) is 8.95. The van der Waals surface area contributed by atoms with Gasteiger partial charge in [0.25, 0.3) is 0 Å². The lowest BCUT2D eigenvalue weighted by Gasteiger charge is -2.08. The number of nitrogens with zero attached hydrogens (tertiary/aromatic N) is 3. The van der Waals surface area contributed by atoms with Crippen molar-refractivity contribution in [1.82, 2.24) is 14.3 Å². The average molecular weight is 173 g/mol. The second-order valence-corrected chi connectivity index (χ2v) is 2.52. The fourth-order valence-electron chi connectivity index (χ4n) is 0.861. The molecule has 1 unspecified atom stereocenters. The van der Waals surface area contributed by atoms with E-state index in [4.69, 9.17) is 10.2 Å². The van der Waals surface area contributed by atoms with Gasteiger partial charge in [0, 0.05) is 7.05 Å². The summed E-state index contributed by atoms with van der Waals surface area (Å²) in [6, 6.07) is 0. The van der Waals surface area contributed by atoms with Crippen molar-refractivity contribution in [3.63, 3.8) is 0 Å². The average Bonchev–Trinajstić information content (AvgIpc) is 2.35. The highest BCUT2D eigenvalue weighted by molar-refractivity contribution is 4.65. The van der Waals surface area contributed by atoms with Crippen molar-refractivity contribution < 1.29 is 10.2 Å². The molecule has 6 nitrogen and oxygen atoms in total. The number of hydrogen-bond acceptors (Lipinski definition) is 4. The minimum Gasteiger partial charge on any atom is -0.394 e. The zero-order valence-electron chi connectivity index (χ0n) is 6.71. The lowest BCUT2D eigenvalue weighted by Crippen LogP contribution is -2.30. The van der Waals surface area contributed by atoms with Crippen LogP contribution in [0.15, 0.2) is 11.1 Å². The Kier molecular flexibility index (Phi) is 2.61. The molecule has 0 bridgehead atoms. The minimum absolute atomic E-state index is 0.0613. The maximum atomic E-state index is 10.9. The van der Waals surface area contributed by atoms with Crippen LogP contribution in [0.1, 0.15) is 0 Å². The zero-order chi connectivity index (χ0) is 9.14. The monoisotopic (exact) mass is 173 g/mol. The van der Waals surface area contributed by atoms with E-state index >= 15 is 0 Å². The molecule has 0 spiro atoms. The highest BCUT2D eigenvalue weighted by Crippen LogP contribution is 1.86. The Labute approximate surface area is 68.7 Å². The van der Waals surface area contributed by atoms with Gasteiger partial charge < -0.3 is 10.2 Å². The molecular weight excluding hydrogens is 162 g/mol. The first-order valence-corrected chi connectivity index (χ1v) is 3.52. The molecule has 1 aromatic heterocycles. The highest BCUT2D eigenvalue weighted by atomic mass is 16.3. The van der Waals surface area contributed by atoms with Crippen molar-refractivity contribution >= 4 is 0 Å². The number of aliphatic hydroxyl groups is 2. The van der Waals surface area contributed by atoms with Gasteiger partial charge in [0.15, 0.2) is 0 Å². The lowest BCUT2D eigenvalue weighted by molar-refractivity contribution is 0.0744. The fraction of sp³-hybridized carbons (Fsp3) is 0.667. The summed E-state index contributed by atoms with van der Waals surface area (Å²) in [5, 5.41) is 17.5. The quantitative estimate of drug-likeness (QED) is 0.550. The van der Waals surface area contributed by atoms with E-state index in [0.29, 0.717) is 0 Å². The topological polar surface area (TPSA) is 80.3 Å². The predicted octanol–water partition coefficient (Wildman–Crippen LogP) is -2.06. The van der Waals surface area contributed by atoms with Crippen LogP contribution in [-0.2, 0) is 13.6 Å². The minimum atomic E-state index is -0.918. The summed E-state index contributed by atoms with van der Waals surface area (Å²) in [6.07, 6.45) is 0.435. The van der Waals surface area contributed by atoms with Crippen molar-refractivity contribution in [3.05, 3.63) is 16.8 Å². The second kappa shape index (κ2) is 3.51. The van der Waals surface area contributed by atoms with Crippen molar-refractivity contribution in [2.75, 3.05) is 6.61 Å². The Morgan fingerprint density at radius 3 is 2.83 bits per heavy atom. The van der Waals surface area contributed by atoms with E-state index < -0.39 is 11.8 Å². The van der Waals surface area contributed by atoms with Crippen LogP contribution in [0.25, 0.3) is 0 Å². The molecule has 0 aromatic carbocycles. The van der Waals surface area contributed by atoms with Crippen LogP contribution in [0.4, 0.5) is 0 Å². The summed E-state index contributed by atoms with van der Waals surface area (Å²) in [5.41, 5.74) is -0.426. The van der Waals surface area contributed by atoms with Crippen molar-refractivity contribution in [1.29, 1.82) is 0 Å². The molecule has 0 aliphatic rings. The number of aromatic nitrogens is 3. The van der Waals surface area contributed by atoms with Crippen LogP contribution in [0.2, 0.25) is 0 Å². The van der Waals surface area contributed by atoms with Gasteiger partial charge >= 0.3 is 5.69 Å². The van der Waals surface area contributed by atoms with Crippen molar-refractivity contribution in [3.8, 4) is 0 Å². The van der Waals surface area contributed by atoms with E-state index in [0.717, 1.165) is 0 Å². The van der Waals surface area contributed by atoms with Crippen LogP contribution < -0.4 is 5.69 Å². The maximum Gasteiger partial charge on any atom is 0.363 e. The Hall–Kier alpha value is -1.14. The van der Waals surface area contributed by atoms with Crippen molar-refractivity contribution in [2.45, 2.75) is 12.6 Å². The lowest BCUT2D eigenvalue weighted by atomic mass is 10.4. The van der Waals surface area contributed by atoms with Gasteiger partial charge in [-0.15, -0.1) is 0 Å². The van der Waals surface area contributed by atoms with Crippen molar-refractivity contribution in [2.24, 2.45) is 7.05 Å². The molecule has 1 atom stereocenters. The zero-order valence-corrected chi connectivity index (χ0v) is 6.71. The van der Waals surface area contributed by atoms with Gasteiger partial charge in [-0.2, -0.15) is 4.98 Å². The maximum absolute atomic E-state index is 10.9. The van der Waals surface area contributed by atoms with Crippen LogP contribution in [0.5, 0.6) is 0 Å². The molecule has 0 saturated carbocycles. The molecule has 1 rings (SSSR count). The van der Waals surface area contributed by atoms with Gasteiger partial charge in [0.2, 0.25) is 0 Å². The fourth-order valence-corrected chi connectivity index (χ4v) is 0.861. The molecule has 0 radical (unpaired) electrons. The molecule has 1 aromatic rings. The largest absolute Gasteiger partial charge is 0.394 e. The highest BCUT2D eigenvalue weighted by Gasteiger charge is 2.07. The van der Waals surface area contributed by atoms with Crippen LogP contribution in [-0.4, -0.2) is 37.3 Å². The third-order valence-electron chi connectivity index (χ3n) is 1.53. The normalized spacial score (nSPS) is 13.2. The SMILES string of the molecule is Cn1cnc(=O)n1CC(O)CO. The van der Waals surface area contributed by atoms with Crippen LogP contribution in [0.3, 0.4) is 0 Å². The summed E-state index contributed by atoms with van der Waals surface area (Å²) in [7, 11) is 1.64. The van der Waals surface area contributed by atoms with Gasteiger partial charge in [-0.25, -0.2) is 9.48 Å². The van der Waals surface area contributed by atoms with Crippen LogP contribution in [0, 0.1) is 0 Å². The molecule has 2 N–H and O–H groups in total. The predicted molar refractivity (Wildman–Crippen MR) is 40.6 cm³/mol. The molecule has 0 amide bonds. The Balaban J connectivity index is 2.81. The smallest absolute Gasteiger partial charge is 0.363 e. The molecule has 68 valence electrons. The standard InChI is InChI=1S/C6H11N3O3/c1-8-4-7-6(12)9(8)2-5(11)3-10/h4-5,10-11H,2-3H2,1H3. The van der Waals surface area contributed by atoms with Gasteiger partial charge in [0.05, 0.1) is 19.3 Å². The van der Waals surface area contributed by atoms with Gasteiger partial charge in [-0.05, 0) is 0 Å². The molecule has 0 aliphatic carbocycles. The Morgan fingerprint density at radius 1 is 1.75 bits per heavy atom. The summed E-state index contributed by atoms with van der Waals surface area (Å²) >= 11 is 0. The number of rotatable bonds is 3. The molecule has 6 heteroatoms. The third-order valence-corrected chi connectivity index (χ3v) is 1.53. The molecule has 0 fully saturated rings. The van der Waals surface area contributed by atoms with E-state index in [1.165, 1.54) is 15.7 Å². The summed E-state index contributed by atoms with van der Waals surface area (Å²) in [6.45, 7) is -0.302. The van der Waals surface area contributed by atoms with E-state index in [1.54, 1.807) is 7.05 Å². The van der Waals surface area contributed by atoms with E-state index in [9.17, 15) is 4.79 Å². The summed E-state index contributed by atoms with van der Waals surface area (Å²) in [4.78, 5) is 14.4. The number of hydrogen-bond donors (Lipinski definition) is 2. The second-order valence-electron chi connectivity index (χ2n) is 2.52. The molecule has 0 saturated heterocycles. The van der Waals surface area contributed by atoms with Gasteiger partial charge in [-0.3, -0.25) is 4.68 Å².